The summed E-state index contributed by atoms with van der Waals surface area (Å²) in [6.45, 7) is 2.40. The summed E-state index contributed by atoms with van der Waals surface area (Å²) in [4.78, 5) is 21.4. The molecule has 1 aromatic heterocycles. The molecule has 0 bridgehead atoms. The van der Waals surface area contributed by atoms with Crippen LogP contribution in [0, 0.1) is 11.7 Å². The van der Waals surface area contributed by atoms with Crippen molar-refractivity contribution in [3.05, 3.63) is 106 Å². The van der Waals surface area contributed by atoms with Crippen molar-refractivity contribution in [2.75, 3.05) is 24.5 Å². The number of hydrogen-bond donors (Lipinski definition) is 0. The van der Waals surface area contributed by atoms with Gasteiger partial charge in [0.25, 0.3) is 5.91 Å². The Hall–Kier alpha value is -2.89. The van der Waals surface area contributed by atoms with Crippen molar-refractivity contribution in [3.8, 4) is 0 Å². The predicted octanol–water partition coefficient (Wildman–Crippen LogP) is 6.74. The van der Waals surface area contributed by atoms with Gasteiger partial charge in [-0.2, -0.15) is 0 Å². The number of carbonyl (C=O) groups is 1. The minimum Gasteiger partial charge on any atom is -0.377 e. The molecule has 2 unspecified atom stereocenters. The number of likely N-dealkylation sites (tertiary alicyclic amines) is 1. The van der Waals surface area contributed by atoms with Crippen LogP contribution in [0.15, 0.2) is 73.1 Å². The second-order valence-corrected chi connectivity index (χ2v) is 10.0. The van der Waals surface area contributed by atoms with Gasteiger partial charge >= 0.3 is 0 Å². The van der Waals surface area contributed by atoms with Crippen LogP contribution in [-0.4, -0.2) is 35.4 Å². The van der Waals surface area contributed by atoms with E-state index >= 15 is 0 Å². The van der Waals surface area contributed by atoms with Crippen LogP contribution in [-0.2, 0) is 6.42 Å². The molecule has 1 saturated heterocycles. The summed E-state index contributed by atoms with van der Waals surface area (Å²) in [5.74, 6) is -0.0107. The van der Waals surface area contributed by atoms with Crippen molar-refractivity contribution in [2.24, 2.45) is 5.92 Å². The summed E-state index contributed by atoms with van der Waals surface area (Å²) in [5, 5.41) is 1.02. The van der Waals surface area contributed by atoms with Crippen LogP contribution in [0.4, 0.5) is 10.1 Å². The molecule has 1 amide bonds. The zero-order valence-electron chi connectivity index (χ0n) is 19.2. The van der Waals surface area contributed by atoms with E-state index in [9.17, 15) is 9.18 Å². The Morgan fingerprint density at radius 2 is 1.91 bits per heavy atom. The van der Waals surface area contributed by atoms with Crippen LogP contribution in [0.1, 0.15) is 40.2 Å². The molecule has 3 heterocycles. The summed E-state index contributed by atoms with van der Waals surface area (Å²) in [6, 6.07) is 15.9. The molecule has 0 spiro atoms. The third kappa shape index (κ3) is 5.36. The molecule has 0 radical (unpaired) electrons. The third-order valence-electron chi connectivity index (χ3n) is 6.92. The molecule has 2 aromatic carbocycles. The van der Waals surface area contributed by atoms with Gasteiger partial charge in [0.05, 0.1) is 0 Å². The molecule has 35 heavy (non-hydrogen) atoms. The van der Waals surface area contributed by atoms with Crippen molar-refractivity contribution in [2.45, 2.75) is 25.2 Å². The average molecular weight is 510 g/mol. The van der Waals surface area contributed by atoms with E-state index in [2.05, 4.69) is 22.2 Å². The number of anilines is 1. The van der Waals surface area contributed by atoms with Gasteiger partial charge in [-0.15, -0.1) is 0 Å². The van der Waals surface area contributed by atoms with E-state index in [0.717, 1.165) is 48.6 Å². The molecule has 0 N–H and O–H groups in total. The SMILES string of the molecule is O=C(c1ccnc(Cl)c1)N1CC(C2CCCN(C=CCc3ccc(Cl)cc3)C2)c2cc(F)ccc21. The molecule has 4 nitrogen and oxygen atoms in total. The first-order valence-corrected chi connectivity index (χ1v) is 12.6. The number of aromatic nitrogens is 1. The van der Waals surface area contributed by atoms with Crippen LogP contribution < -0.4 is 4.90 Å². The summed E-state index contributed by atoms with van der Waals surface area (Å²) in [5.41, 5.74) is 3.39. The number of hydrogen-bond acceptors (Lipinski definition) is 3. The maximum absolute atomic E-state index is 14.3. The van der Waals surface area contributed by atoms with Crippen LogP contribution in [0.3, 0.4) is 0 Å². The van der Waals surface area contributed by atoms with Crippen LogP contribution in [0.5, 0.6) is 0 Å². The van der Waals surface area contributed by atoms with Gasteiger partial charge in [-0.3, -0.25) is 4.79 Å². The van der Waals surface area contributed by atoms with Crippen molar-refractivity contribution < 1.29 is 9.18 Å². The number of amides is 1. The number of nitrogens with zero attached hydrogens (tertiary/aromatic N) is 3. The normalized spacial score (nSPS) is 19.9. The largest absolute Gasteiger partial charge is 0.377 e. The van der Waals surface area contributed by atoms with Crippen molar-refractivity contribution >= 4 is 34.8 Å². The number of benzene rings is 2. The molecule has 2 aliphatic rings. The van der Waals surface area contributed by atoms with Gasteiger partial charge in [0.15, 0.2) is 0 Å². The molecule has 0 aliphatic carbocycles. The van der Waals surface area contributed by atoms with E-state index in [-0.39, 0.29) is 22.8 Å². The Bertz CT molecular complexity index is 1250. The summed E-state index contributed by atoms with van der Waals surface area (Å²) < 4.78 is 14.3. The van der Waals surface area contributed by atoms with E-state index in [4.69, 9.17) is 23.2 Å². The Morgan fingerprint density at radius 3 is 2.71 bits per heavy atom. The Morgan fingerprint density at radius 1 is 1.09 bits per heavy atom. The predicted molar refractivity (Wildman–Crippen MR) is 139 cm³/mol. The Labute approximate surface area is 215 Å². The molecule has 2 aliphatic heterocycles. The number of halogens is 3. The van der Waals surface area contributed by atoms with Crippen molar-refractivity contribution in [1.82, 2.24) is 9.88 Å². The van der Waals surface area contributed by atoms with Crippen LogP contribution >= 0.6 is 23.2 Å². The molecule has 0 saturated carbocycles. The molecular formula is C28H26Cl2FN3O. The molecule has 1 fully saturated rings. The van der Waals surface area contributed by atoms with Gasteiger partial charge in [-0.1, -0.05) is 41.4 Å². The zero-order chi connectivity index (χ0) is 24.4. The van der Waals surface area contributed by atoms with Crippen LogP contribution in [0.25, 0.3) is 0 Å². The fraction of sp³-hybridized carbons (Fsp3) is 0.286. The molecule has 180 valence electrons. The smallest absolute Gasteiger partial charge is 0.258 e. The second-order valence-electron chi connectivity index (χ2n) is 9.21. The second kappa shape index (κ2) is 10.4. The van der Waals surface area contributed by atoms with Crippen molar-refractivity contribution in [3.63, 3.8) is 0 Å². The van der Waals surface area contributed by atoms with Gasteiger partial charge < -0.3 is 9.80 Å². The standard InChI is InChI=1S/C28H26Cl2FN3O/c29-22-7-5-19(6-8-22)3-1-13-33-14-2-4-21(17-33)25-18-34(26-10-9-23(31)16-24(25)26)28(35)20-11-12-32-27(30)15-20/h1,5-13,15-16,21,25H,2-4,14,17-18H2. The number of allylic oxidation sites excluding steroid dienone is 1. The topological polar surface area (TPSA) is 36.4 Å². The molecule has 5 rings (SSSR count). The quantitative estimate of drug-likeness (QED) is 0.357. The van der Waals surface area contributed by atoms with Gasteiger partial charge in [-0.05, 0) is 85.0 Å². The monoisotopic (exact) mass is 509 g/mol. The summed E-state index contributed by atoms with van der Waals surface area (Å²) in [6.07, 6.45) is 8.83. The summed E-state index contributed by atoms with van der Waals surface area (Å²) in [7, 11) is 0. The summed E-state index contributed by atoms with van der Waals surface area (Å²) >= 11 is 12.0. The number of fused-ring (bicyclic) bond motifs is 1. The molecular weight excluding hydrogens is 484 g/mol. The van der Waals surface area contributed by atoms with E-state index in [1.165, 1.54) is 17.8 Å². The maximum atomic E-state index is 14.3. The maximum Gasteiger partial charge on any atom is 0.258 e. The first kappa shape index (κ1) is 23.8. The number of pyridine rings is 1. The third-order valence-corrected chi connectivity index (χ3v) is 7.38. The average Bonchev–Trinajstić information content (AvgIpc) is 3.23. The first-order valence-electron chi connectivity index (χ1n) is 11.9. The Balaban J connectivity index is 1.32. The highest BCUT2D eigenvalue weighted by Gasteiger charge is 2.38. The van der Waals surface area contributed by atoms with E-state index in [1.807, 2.05) is 24.3 Å². The van der Waals surface area contributed by atoms with Gasteiger partial charge in [0.2, 0.25) is 0 Å². The molecule has 2 atom stereocenters. The lowest BCUT2D eigenvalue weighted by Crippen LogP contribution is -2.37. The van der Waals surface area contributed by atoms with Gasteiger partial charge in [-0.25, -0.2) is 9.37 Å². The highest BCUT2D eigenvalue weighted by molar-refractivity contribution is 6.30. The number of piperidine rings is 1. The fourth-order valence-corrected chi connectivity index (χ4v) is 5.51. The first-order chi connectivity index (χ1) is 17.0. The minimum atomic E-state index is -0.273. The molecule has 7 heteroatoms. The lowest BCUT2D eigenvalue weighted by Gasteiger charge is -2.35. The zero-order valence-corrected chi connectivity index (χ0v) is 20.7. The van der Waals surface area contributed by atoms with Gasteiger partial charge in [0.1, 0.15) is 11.0 Å². The van der Waals surface area contributed by atoms with E-state index < -0.39 is 0 Å². The Kier molecular flexibility index (Phi) is 7.07. The number of rotatable bonds is 5. The van der Waals surface area contributed by atoms with Gasteiger partial charge in [0, 0.05) is 48.0 Å². The molecule has 3 aromatic rings. The highest BCUT2D eigenvalue weighted by Crippen LogP contribution is 2.44. The van der Waals surface area contributed by atoms with Crippen LogP contribution in [0.2, 0.25) is 10.2 Å². The van der Waals surface area contributed by atoms with E-state index in [0.29, 0.717) is 18.0 Å². The van der Waals surface area contributed by atoms with E-state index in [1.54, 1.807) is 29.2 Å². The lowest BCUT2D eigenvalue weighted by molar-refractivity contribution is 0.0985. The highest BCUT2D eigenvalue weighted by atomic mass is 35.5. The lowest BCUT2D eigenvalue weighted by atomic mass is 9.82. The van der Waals surface area contributed by atoms with Crippen molar-refractivity contribution in [1.29, 1.82) is 0 Å². The number of carbonyl (C=O) groups excluding carboxylic acids is 1. The fourth-order valence-electron chi connectivity index (χ4n) is 5.21. The minimum absolute atomic E-state index is 0.0782.